The van der Waals surface area contributed by atoms with Gasteiger partial charge >= 0.3 is 0 Å². The Morgan fingerprint density at radius 2 is 1.19 bits per heavy atom. The van der Waals surface area contributed by atoms with Crippen molar-refractivity contribution in [1.82, 2.24) is 5.32 Å². The maximum atomic E-state index is 13.0. The summed E-state index contributed by atoms with van der Waals surface area (Å²) in [6, 6.07) is 11.6. The summed E-state index contributed by atoms with van der Waals surface area (Å²) in [4.78, 5) is 13.0. The Morgan fingerprint density at radius 1 is 0.741 bits per heavy atom. The molecule has 140 valence electrons. The Hall–Kier alpha value is -2.73. The topological polar surface area (TPSA) is 66.0 Å². The van der Waals surface area contributed by atoms with Crippen LogP contribution < -0.4 is 24.3 Å². The molecule has 0 amide bonds. The molecule has 0 bridgehead atoms. The number of fused-ring (bicyclic) bond motifs is 2. The minimum atomic E-state index is -0.134. The van der Waals surface area contributed by atoms with Crippen molar-refractivity contribution < 1.29 is 23.7 Å². The zero-order valence-electron chi connectivity index (χ0n) is 15.2. The van der Waals surface area contributed by atoms with E-state index in [4.69, 9.17) is 18.9 Å². The molecule has 0 saturated carbocycles. The minimum absolute atomic E-state index is 0.0985. The fraction of sp³-hybridized carbons (Fsp3) is 0.381. The highest BCUT2D eigenvalue weighted by atomic mass is 16.7. The van der Waals surface area contributed by atoms with Gasteiger partial charge in [-0.25, -0.2) is 0 Å². The van der Waals surface area contributed by atoms with Crippen molar-refractivity contribution in [2.75, 3.05) is 13.6 Å². The average molecular weight is 367 g/mol. The van der Waals surface area contributed by atoms with Crippen LogP contribution in [0.5, 0.6) is 23.0 Å². The van der Waals surface area contributed by atoms with E-state index < -0.39 is 0 Å². The van der Waals surface area contributed by atoms with Crippen molar-refractivity contribution >= 4 is 5.78 Å². The first-order valence-electron chi connectivity index (χ1n) is 9.20. The van der Waals surface area contributed by atoms with Crippen molar-refractivity contribution in [1.29, 1.82) is 0 Å². The predicted molar refractivity (Wildman–Crippen MR) is 97.1 cm³/mol. The monoisotopic (exact) mass is 367 g/mol. The summed E-state index contributed by atoms with van der Waals surface area (Å²) in [6.45, 7) is 4.44. The van der Waals surface area contributed by atoms with Gasteiger partial charge in [0.25, 0.3) is 0 Å². The molecule has 5 rings (SSSR count). The molecule has 6 heteroatoms. The van der Waals surface area contributed by atoms with Crippen LogP contribution in [0, 0.1) is 11.8 Å². The fourth-order valence-corrected chi connectivity index (χ4v) is 4.21. The Labute approximate surface area is 157 Å². The van der Waals surface area contributed by atoms with Crippen LogP contribution in [0.3, 0.4) is 0 Å². The number of rotatable bonds is 2. The minimum Gasteiger partial charge on any atom is -0.454 e. The van der Waals surface area contributed by atoms with E-state index in [2.05, 4.69) is 5.32 Å². The molecule has 2 aromatic rings. The molecular weight excluding hydrogens is 346 g/mol. The Kier molecular flexibility index (Phi) is 3.75. The number of hydrogen-bond donors (Lipinski definition) is 1. The second kappa shape index (κ2) is 6.16. The third-order valence-electron chi connectivity index (χ3n) is 5.77. The smallest absolute Gasteiger partial charge is 0.231 e. The second-order valence-electron chi connectivity index (χ2n) is 7.33. The van der Waals surface area contributed by atoms with Gasteiger partial charge in [-0.2, -0.15) is 0 Å². The van der Waals surface area contributed by atoms with Crippen molar-refractivity contribution in [3.63, 3.8) is 0 Å². The van der Waals surface area contributed by atoms with Crippen LogP contribution in [-0.2, 0) is 4.79 Å². The van der Waals surface area contributed by atoms with Crippen molar-refractivity contribution in [3.8, 4) is 23.0 Å². The van der Waals surface area contributed by atoms with E-state index in [1.807, 2.05) is 50.2 Å². The lowest BCUT2D eigenvalue weighted by Gasteiger charge is -2.39. The third-order valence-corrected chi connectivity index (χ3v) is 5.77. The van der Waals surface area contributed by atoms with Crippen molar-refractivity contribution in [2.24, 2.45) is 11.8 Å². The zero-order valence-corrected chi connectivity index (χ0v) is 15.2. The van der Waals surface area contributed by atoms with E-state index in [0.29, 0.717) is 0 Å². The van der Waals surface area contributed by atoms with Gasteiger partial charge in [-0.05, 0) is 35.4 Å². The first kappa shape index (κ1) is 16.4. The van der Waals surface area contributed by atoms with E-state index in [1.54, 1.807) is 0 Å². The van der Waals surface area contributed by atoms with Crippen LogP contribution in [0.1, 0.15) is 37.1 Å². The standard InChI is InChI=1S/C21H21NO5/c1-11-19(13-3-5-15-17(7-13)26-9-24-15)22-20(12(2)21(11)23)14-4-6-16-18(8-14)27-10-25-16/h3-8,11-12,19-20,22H,9-10H2,1-2H3/t11-,12+,19-,20+. The molecule has 0 radical (unpaired) electrons. The number of nitrogens with one attached hydrogen (secondary N) is 1. The highest BCUT2D eigenvalue weighted by Gasteiger charge is 2.40. The van der Waals surface area contributed by atoms with Crippen LogP contribution in [0.15, 0.2) is 36.4 Å². The quantitative estimate of drug-likeness (QED) is 0.878. The molecular formula is C21H21NO5. The molecule has 1 N–H and O–H groups in total. The number of ether oxygens (including phenoxy) is 4. The summed E-state index contributed by atoms with van der Waals surface area (Å²) in [5.41, 5.74) is 2.05. The van der Waals surface area contributed by atoms with E-state index >= 15 is 0 Å². The molecule has 0 aromatic heterocycles. The van der Waals surface area contributed by atoms with Crippen LogP contribution in [0.2, 0.25) is 0 Å². The average Bonchev–Trinajstić information content (AvgIpc) is 3.34. The number of piperidine rings is 1. The maximum Gasteiger partial charge on any atom is 0.231 e. The molecule has 1 saturated heterocycles. The summed E-state index contributed by atoms with van der Waals surface area (Å²) in [5, 5.41) is 3.68. The Balaban J connectivity index is 1.49. The number of Topliss-reactive ketones (excluding diaryl/α,β-unsaturated/α-hetero) is 1. The van der Waals surface area contributed by atoms with Crippen molar-refractivity contribution in [3.05, 3.63) is 47.5 Å². The number of ketones is 1. The predicted octanol–water partition coefficient (Wildman–Crippen LogP) is 3.37. The first-order chi connectivity index (χ1) is 13.1. The lowest BCUT2D eigenvalue weighted by Crippen LogP contribution is -2.46. The van der Waals surface area contributed by atoms with E-state index in [1.165, 1.54) is 0 Å². The summed E-state index contributed by atoms with van der Waals surface area (Å²) < 4.78 is 21.8. The van der Waals surface area contributed by atoms with Gasteiger partial charge in [-0.1, -0.05) is 26.0 Å². The van der Waals surface area contributed by atoms with Crippen LogP contribution >= 0.6 is 0 Å². The highest BCUT2D eigenvalue weighted by molar-refractivity contribution is 5.85. The van der Waals surface area contributed by atoms with Gasteiger partial charge in [0.2, 0.25) is 13.6 Å². The molecule has 0 spiro atoms. The maximum absolute atomic E-state index is 13.0. The number of carbonyl (C=O) groups excluding carboxylic acids is 1. The van der Waals surface area contributed by atoms with Gasteiger partial charge in [-0.15, -0.1) is 0 Å². The Morgan fingerprint density at radius 3 is 1.67 bits per heavy atom. The summed E-state index contributed by atoms with van der Waals surface area (Å²) in [6.07, 6.45) is 0. The fourth-order valence-electron chi connectivity index (χ4n) is 4.21. The normalized spacial score (nSPS) is 28.4. The van der Waals surface area contributed by atoms with Crippen LogP contribution in [0.25, 0.3) is 0 Å². The van der Waals surface area contributed by atoms with E-state index in [-0.39, 0.29) is 43.3 Å². The van der Waals surface area contributed by atoms with Gasteiger partial charge in [0.1, 0.15) is 5.78 Å². The number of hydrogen-bond acceptors (Lipinski definition) is 6. The SMILES string of the molecule is C[C@@H]1C(=O)[C@H](C)[C@H](c2ccc3c(c2)OCO3)N[C@@H]1c1ccc2c(c1)OCO2. The molecule has 3 aliphatic rings. The van der Waals surface area contributed by atoms with E-state index in [0.717, 1.165) is 34.1 Å². The largest absolute Gasteiger partial charge is 0.454 e. The lowest BCUT2D eigenvalue weighted by molar-refractivity contribution is -0.130. The molecule has 3 heterocycles. The zero-order chi connectivity index (χ0) is 18.5. The molecule has 0 unspecified atom stereocenters. The van der Waals surface area contributed by atoms with Crippen LogP contribution in [-0.4, -0.2) is 19.4 Å². The Bertz CT molecular complexity index is 840. The van der Waals surface area contributed by atoms with Gasteiger partial charge in [0.05, 0.1) is 0 Å². The van der Waals surface area contributed by atoms with Gasteiger partial charge < -0.3 is 24.3 Å². The molecule has 27 heavy (non-hydrogen) atoms. The molecule has 2 aromatic carbocycles. The molecule has 0 aliphatic carbocycles. The summed E-state index contributed by atoms with van der Waals surface area (Å²) in [5.74, 6) is 2.93. The summed E-state index contributed by atoms with van der Waals surface area (Å²) in [7, 11) is 0. The lowest BCUT2D eigenvalue weighted by atomic mass is 9.76. The van der Waals surface area contributed by atoms with E-state index in [9.17, 15) is 4.79 Å². The summed E-state index contributed by atoms with van der Waals surface area (Å²) >= 11 is 0. The molecule has 3 aliphatic heterocycles. The highest BCUT2D eigenvalue weighted by Crippen LogP contribution is 2.43. The first-order valence-corrected chi connectivity index (χ1v) is 9.20. The third kappa shape index (κ3) is 2.63. The molecule has 4 atom stereocenters. The molecule has 1 fully saturated rings. The van der Waals surface area contributed by atoms with Gasteiger partial charge in [0, 0.05) is 23.9 Å². The number of benzene rings is 2. The van der Waals surface area contributed by atoms with Crippen LogP contribution in [0.4, 0.5) is 0 Å². The van der Waals surface area contributed by atoms with Gasteiger partial charge in [0.15, 0.2) is 23.0 Å². The second-order valence-corrected chi connectivity index (χ2v) is 7.33. The number of carbonyl (C=O) groups is 1. The van der Waals surface area contributed by atoms with Gasteiger partial charge in [-0.3, -0.25) is 4.79 Å². The van der Waals surface area contributed by atoms with Crippen molar-refractivity contribution in [2.45, 2.75) is 25.9 Å². The molecule has 6 nitrogen and oxygen atoms in total.